The Morgan fingerprint density at radius 1 is 1.47 bits per heavy atom. The Hall–Kier alpha value is -1.30. The lowest BCUT2D eigenvalue weighted by Crippen LogP contribution is -2.12. The zero-order valence-corrected chi connectivity index (χ0v) is 9.83. The van der Waals surface area contributed by atoms with E-state index in [1.54, 1.807) is 0 Å². The Morgan fingerprint density at radius 2 is 2.07 bits per heavy atom. The molecule has 1 aromatic heterocycles. The summed E-state index contributed by atoms with van der Waals surface area (Å²) in [5.74, 6) is 0. The smallest absolute Gasteiger partial charge is 0.0991 e. The lowest BCUT2D eigenvalue weighted by Gasteiger charge is -2.13. The summed E-state index contributed by atoms with van der Waals surface area (Å²) in [6, 6.07) is 4.51. The third kappa shape index (κ3) is 1.54. The minimum Gasteiger partial charge on any atom is -0.271 e. The van der Waals surface area contributed by atoms with Gasteiger partial charge in [-0.15, -0.1) is 0 Å². The van der Waals surface area contributed by atoms with Crippen molar-refractivity contribution in [1.82, 2.24) is 9.78 Å². The summed E-state index contributed by atoms with van der Waals surface area (Å²) >= 11 is 0. The second kappa shape index (κ2) is 2.85. The van der Waals surface area contributed by atoms with Gasteiger partial charge in [0.05, 0.1) is 22.9 Å². The standard InChI is InChI=1S/C12H17N3/c1-11(2,3)9-7-10(15(4)14-9)12(8-13)5-6-12/h7H,5-6H2,1-4H3. The van der Waals surface area contributed by atoms with Crippen molar-refractivity contribution in [1.29, 1.82) is 5.26 Å². The number of rotatable bonds is 1. The highest BCUT2D eigenvalue weighted by molar-refractivity contribution is 5.36. The van der Waals surface area contributed by atoms with Crippen molar-refractivity contribution >= 4 is 0 Å². The molecule has 3 heteroatoms. The Bertz CT molecular complexity index is 425. The Balaban J connectivity index is 2.44. The molecule has 1 aliphatic carbocycles. The molecule has 0 amide bonds. The summed E-state index contributed by atoms with van der Waals surface area (Å²) in [5.41, 5.74) is 1.98. The van der Waals surface area contributed by atoms with E-state index in [4.69, 9.17) is 5.26 Å². The van der Waals surface area contributed by atoms with Crippen LogP contribution in [-0.2, 0) is 17.9 Å². The van der Waals surface area contributed by atoms with Gasteiger partial charge in [-0.3, -0.25) is 4.68 Å². The lowest BCUT2D eigenvalue weighted by atomic mass is 9.91. The summed E-state index contributed by atoms with van der Waals surface area (Å²) in [6.45, 7) is 6.43. The molecule has 15 heavy (non-hydrogen) atoms. The van der Waals surface area contributed by atoms with Gasteiger partial charge < -0.3 is 0 Å². The fourth-order valence-corrected chi connectivity index (χ4v) is 1.83. The van der Waals surface area contributed by atoms with E-state index in [0.29, 0.717) is 0 Å². The molecule has 0 unspecified atom stereocenters. The SMILES string of the molecule is Cn1nc(C(C)(C)C)cc1C1(C#N)CC1. The van der Waals surface area contributed by atoms with E-state index in [1.165, 1.54) is 0 Å². The van der Waals surface area contributed by atoms with Crippen molar-refractivity contribution in [3.05, 3.63) is 17.5 Å². The zero-order chi connectivity index (χ0) is 11.3. The highest BCUT2D eigenvalue weighted by Crippen LogP contribution is 2.47. The van der Waals surface area contributed by atoms with Crippen molar-refractivity contribution in [2.24, 2.45) is 7.05 Å². The topological polar surface area (TPSA) is 41.6 Å². The van der Waals surface area contributed by atoms with Crippen molar-refractivity contribution in [2.45, 2.75) is 44.4 Å². The molecular formula is C12H17N3. The van der Waals surface area contributed by atoms with Gasteiger partial charge in [-0.1, -0.05) is 20.8 Å². The minimum atomic E-state index is -0.231. The zero-order valence-electron chi connectivity index (χ0n) is 9.83. The van der Waals surface area contributed by atoms with E-state index in [-0.39, 0.29) is 10.8 Å². The normalized spacial score (nSPS) is 18.6. The van der Waals surface area contributed by atoms with E-state index in [1.807, 2.05) is 11.7 Å². The Labute approximate surface area is 90.7 Å². The number of nitrogens with zero attached hydrogens (tertiary/aromatic N) is 3. The van der Waals surface area contributed by atoms with Gasteiger partial charge >= 0.3 is 0 Å². The highest BCUT2D eigenvalue weighted by Gasteiger charge is 2.47. The van der Waals surface area contributed by atoms with E-state index in [2.05, 4.69) is 38.0 Å². The quantitative estimate of drug-likeness (QED) is 0.702. The molecule has 80 valence electrons. The van der Waals surface area contributed by atoms with Gasteiger partial charge in [-0.05, 0) is 18.9 Å². The Morgan fingerprint density at radius 3 is 2.40 bits per heavy atom. The second-order valence-corrected chi connectivity index (χ2v) is 5.48. The molecule has 1 fully saturated rings. The molecule has 0 atom stereocenters. The first-order valence-electron chi connectivity index (χ1n) is 5.35. The van der Waals surface area contributed by atoms with Gasteiger partial charge in [0, 0.05) is 12.5 Å². The van der Waals surface area contributed by atoms with Gasteiger partial charge in [0.2, 0.25) is 0 Å². The molecule has 1 heterocycles. The predicted molar refractivity (Wildman–Crippen MR) is 58.4 cm³/mol. The first-order valence-corrected chi connectivity index (χ1v) is 5.35. The van der Waals surface area contributed by atoms with Crippen molar-refractivity contribution in [2.75, 3.05) is 0 Å². The van der Waals surface area contributed by atoms with Crippen LogP contribution in [0.1, 0.15) is 45.0 Å². The van der Waals surface area contributed by atoms with Crippen LogP contribution in [0.25, 0.3) is 0 Å². The molecule has 3 nitrogen and oxygen atoms in total. The maximum absolute atomic E-state index is 9.16. The van der Waals surface area contributed by atoms with E-state index < -0.39 is 0 Å². The monoisotopic (exact) mass is 203 g/mol. The predicted octanol–water partition coefficient (Wildman–Crippen LogP) is 2.27. The molecule has 1 aliphatic rings. The fraction of sp³-hybridized carbons (Fsp3) is 0.667. The van der Waals surface area contributed by atoms with Gasteiger partial charge in [0.15, 0.2) is 0 Å². The number of hydrogen-bond acceptors (Lipinski definition) is 2. The molecule has 0 radical (unpaired) electrons. The van der Waals surface area contributed by atoms with Crippen LogP contribution in [0.2, 0.25) is 0 Å². The first-order chi connectivity index (χ1) is 6.89. The van der Waals surface area contributed by atoms with Crippen LogP contribution in [0.4, 0.5) is 0 Å². The number of hydrogen-bond donors (Lipinski definition) is 0. The van der Waals surface area contributed by atoms with Crippen LogP contribution in [0, 0.1) is 11.3 Å². The molecule has 0 saturated heterocycles. The summed E-state index contributed by atoms with van der Waals surface area (Å²) < 4.78 is 1.87. The van der Waals surface area contributed by atoms with E-state index in [9.17, 15) is 0 Å². The third-order valence-corrected chi connectivity index (χ3v) is 3.10. The van der Waals surface area contributed by atoms with Crippen molar-refractivity contribution in [3.63, 3.8) is 0 Å². The summed E-state index contributed by atoms with van der Waals surface area (Å²) in [5, 5.41) is 13.7. The van der Waals surface area contributed by atoms with Crippen LogP contribution < -0.4 is 0 Å². The minimum absolute atomic E-state index is 0.0571. The van der Waals surface area contributed by atoms with Gasteiger partial charge in [-0.2, -0.15) is 10.4 Å². The molecule has 0 N–H and O–H groups in total. The van der Waals surface area contributed by atoms with Crippen LogP contribution in [0.5, 0.6) is 0 Å². The first kappa shape index (κ1) is 10.2. The van der Waals surface area contributed by atoms with Gasteiger partial charge in [0.1, 0.15) is 0 Å². The van der Waals surface area contributed by atoms with Crippen LogP contribution in [0.15, 0.2) is 6.07 Å². The summed E-state index contributed by atoms with van der Waals surface area (Å²) in [4.78, 5) is 0. The molecule has 0 aromatic carbocycles. The fourth-order valence-electron chi connectivity index (χ4n) is 1.83. The third-order valence-electron chi connectivity index (χ3n) is 3.10. The van der Waals surface area contributed by atoms with Crippen LogP contribution in [0.3, 0.4) is 0 Å². The second-order valence-electron chi connectivity index (χ2n) is 5.48. The molecule has 0 bridgehead atoms. The highest BCUT2D eigenvalue weighted by atomic mass is 15.3. The average Bonchev–Trinajstić information content (AvgIpc) is 2.82. The summed E-state index contributed by atoms with van der Waals surface area (Å²) in [7, 11) is 1.93. The molecule has 0 aliphatic heterocycles. The van der Waals surface area contributed by atoms with Crippen LogP contribution >= 0.6 is 0 Å². The lowest BCUT2D eigenvalue weighted by molar-refractivity contribution is 0.550. The van der Waals surface area contributed by atoms with Gasteiger partial charge in [-0.25, -0.2) is 0 Å². The van der Waals surface area contributed by atoms with Crippen molar-refractivity contribution in [3.8, 4) is 6.07 Å². The molecular weight excluding hydrogens is 186 g/mol. The number of aryl methyl sites for hydroxylation is 1. The van der Waals surface area contributed by atoms with E-state index in [0.717, 1.165) is 24.2 Å². The largest absolute Gasteiger partial charge is 0.271 e. The average molecular weight is 203 g/mol. The molecule has 0 spiro atoms. The maximum atomic E-state index is 9.16. The molecule has 2 rings (SSSR count). The maximum Gasteiger partial charge on any atom is 0.0991 e. The van der Waals surface area contributed by atoms with Crippen molar-refractivity contribution < 1.29 is 0 Å². The molecule has 1 aromatic rings. The number of nitriles is 1. The summed E-state index contributed by atoms with van der Waals surface area (Å²) in [6.07, 6.45) is 1.96. The van der Waals surface area contributed by atoms with Gasteiger partial charge in [0.25, 0.3) is 0 Å². The number of aromatic nitrogens is 2. The Kier molecular flexibility index (Phi) is 1.94. The van der Waals surface area contributed by atoms with Crippen LogP contribution in [-0.4, -0.2) is 9.78 Å². The van der Waals surface area contributed by atoms with E-state index >= 15 is 0 Å². The molecule has 1 saturated carbocycles.